The van der Waals surface area contributed by atoms with Crippen molar-refractivity contribution in [3.63, 3.8) is 0 Å². The van der Waals surface area contributed by atoms with E-state index >= 15 is 0 Å². The van der Waals surface area contributed by atoms with Crippen LogP contribution in [0.1, 0.15) is 16.1 Å². The normalized spacial score (nSPS) is 10.5. The number of benzene rings is 2. The van der Waals surface area contributed by atoms with Gasteiger partial charge in [-0.1, -0.05) is 18.2 Å². The van der Waals surface area contributed by atoms with E-state index in [-0.39, 0.29) is 5.91 Å². The number of aromatic nitrogens is 2. The van der Waals surface area contributed by atoms with Crippen molar-refractivity contribution in [3.05, 3.63) is 75.6 Å². The number of carbonyl (C=O) groups is 1. The van der Waals surface area contributed by atoms with Crippen molar-refractivity contribution in [3.8, 4) is 5.69 Å². The van der Waals surface area contributed by atoms with Gasteiger partial charge in [0.1, 0.15) is 0 Å². The maximum Gasteiger partial charge on any atom is 0.259 e. The second-order valence-electron chi connectivity index (χ2n) is 4.85. The molecular weight excluding hydrogens is 389 g/mol. The first-order valence-corrected chi connectivity index (χ1v) is 7.90. The molecule has 2 aromatic carbocycles. The maximum atomic E-state index is 12.4. The van der Waals surface area contributed by atoms with E-state index in [2.05, 4.69) is 33.0 Å². The van der Waals surface area contributed by atoms with Gasteiger partial charge in [0.05, 0.1) is 23.1 Å². The molecule has 5 heteroatoms. The average Bonchev–Trinajstić information content (AvgIpc) is 2.92. The molecule has 1 amide bonds. The zero-order valence-electron chi connectivity index (χ0n) is 12.0. The van der Waals surface area contributed by atoms with Gasteiger partial charge in [-0.2, -0.15) is 5.10 Å². The molecule has 3 rings (SSSR count). The number of rotatable bonds is 3. The molecule has 0 radical (unpaired) electrons. The van der Waals surface area contributed by atoms with Crippen LogP contribution in [0.4, 0.5) is 5.69 Å². The minimum atomic E-state index is -0.152. The molecule has 1 N–H and O–H groups in total. The molecular formula is C17H14IN3O. The van der Waals surface area contributed by atoms with Gasteiger partial charge in [0.2, 0.25) is 0 Å². The summed E-state index contributed by atoms with van der Waals surface area (Å²) in [5, 5.41) is 7.21. The SMILES string of the molecule is Cc1c(C(=O)Nc2ccc(I)cc2)cnn1-c1ccccc1. The van der Waals surface area contributed by atoms with Crippen molar-refractivity contribution >= 4 is 34.2 Å². The van der Waals surface area contributed by atoms with Crippen LogP contribution in [-0.4, -0.2) is 15.7 Å². The lowest BCUT2D eigenvalue weighted by molar-refractivity contribution is 0.102. The van der Waals surface area contributed by atoms with Crippen molar-refractivity contribution < 1.29 is 4.79 Å². The van der Waals surface area contributed by atoms with Gasteiger partial charge in [0, 0.05) is 9.26 Å². The first-order chi connectivity index (χ1) is 10.6. The predicted octanol–water partition coefficient (Wildman–Crippen LogP) is 4.04. The number of nitrogens with one attached hydrogen (secondary N) is 1. The second kappa shape index (κ2) is 6.31. The van der Waals surface area contributed by atoms with Gasteiger partial charge in [0.15, 0.2) is 0 Å². The third-order valence-corrected chi connectivity index (χ3v) is 4.08. The summed E-state index contributed by atoms with van der Waals surface area (Å²) in [4.78, 5) is 12.4. The fourth-order valence-electron chi connectivity index (χ4n) is 2.19. The molecule has 0 atom stereocenters. The summed E-state index contributed by atoms with van der Waals surface area (Å²) in [5.41, 5.74) is 3.10. The van der Waals surface area contributed by atoms with Gasteiger partial charge in [-0.3, -0.25) is 4.79 Å². The number of halogens is 1. The topological polar surface area (TPSA) is 46.9 Å². The molecule has 0 unspecified atom stereocenters. The molecule has 4 nitrogen and oxygen atoms in total. The standard InChI is InChI=1S/C17H14IN3O/c1-12-16(11-19-21(12)15-5-3-2-4-6-15)17(22)20-14-9-7-13(18)8-10-14/h2-11H,1H3,(H,20,22). The van der Waals surface area contributed by atoms with E-state index in [4.69, 9.17) is 0 Å². The summed E-state index contributed by atoms with van der Waals surface area (Å²) in [6.45, 7) is 1.89. The van der Waals surface area contributed by atoms with Crippen LogP contribution in [0.5, 0.6) is 0 Å². The predicted molar refractivity (Wildman–Crippen MR) is 95.4 cm³/mol. The van der Waals surface area contributed by atoms with E-state index in [9.17, 15) is 4.79 Å². The average molecular weight is 403 g/mol. The number of carbonyl (C=O) groups excluding carboxylic acids is 1. The van der Waals surface area contributed by atoms with Gasteiger partial charge in [0.25, 0.3) is 5.91 Å². The smallest absolute Gasteiger partial charge is 0.259 e. The van der Waals surface area contributed by atoms with Gasteiger partial charge in [-0.25, -0.2) is 4.68 Å². The van der Waals surface area contributed by atoms with Gasteiger partial charge in [-0.05, 0) is 65.9 Å². The first-order valence-electron chi connectivity index (χ1n) is 6.82. The Labute approximate surface area is 142 Å². The number of amides is 1. The fraction of sp³-hybridized carbons (Fsp3) is 0.0588. The molecule has 0 bridgehead atoms. The van der Waals surface area contributed by atoms with Crippen LogP contribution in [0.3, 0.4) is 0 Å². The van der Waals surface area contributed by atoms with Gasteiger partial charge < -0.3 is 5.32 Å². The first kappa shape index (κ1) is 14.8. The van der Waals surface area contributed by atoms with Crippen LogP contribution in [-0.2, 0) is 0 Å². The number of para-hydroxylation sites is 1. The highest BCUT2D eigenvalue weighted by Crippen LogP contribution is 2.16. The molecule has 0 aliphatic carbocycles. The van der Waals surface area contributed by atoms with E-state index in [1.807, 2.05) is 61.5 Å². The van der Waals surface area contributed by atoms with E-state index in [1.54, 1.807) is 10.9 Å². The lowest BCUT2D eigenvalue weighted by Crippen LogP contribution is -2.13. The minimum Gasteiger partial charge on any atom is -0.322 e. The van der Waals surface area contributed by atoms with Crippen molar-refractivity contribution in [2.24, 2.45) is 0 Å². The van der Waals surface area contributed by atoms with Crippen LogP contribution < -0.4 is 5.32 Å². The number of nitrogens with zero attached hydrogens (tertiary/aromatic N) is 2. The van der Waals surface area contributed by atoms with Crippen LogP contribution in [0, 0.1) is 10.5 Å². The molecule has 3 aromatic rings. The monoisotopic (exact) mass is 403 g/mol. The van der Waals surface area contributed by atoms with E-state index in [1.165, 1.54) is 0 Å². The molecule has 1 aromatic heterocycles. The molecule has 110 valence electrons. The summed E-state index contributed by atoms with van der Waals surface area (Å²) < 4.78 is 2.90. The highest BCUT2D eigenvalue weighted by atomic mass is 127. The molecule has 0 aliphatic rings. The van der Waals surface area contributed by atoms with Crippen LogP contribution >= 0.6 is 22.6 Å². The van der Waals surface area contributed by atoms with Crippen molar-refractivity contribution in [1.82, 2.24) is 9.78 Å². The quantitative estimate of drug-likeness (QED) is 0.672. The van der Waals surface area contributed by atoms with Gasteiger partial charge in [-0.15, -0.1) is 0 Å². The molecule has 0 fully saturated rings. The Hall–Kier alpha value is -2.15. The highest BCUT2D eigenvalue weighted by molar-refractivity contribution is 14.1. The Morgan fingerprint density at radius 2 is 1.77 bits per heavy atom. The van der Waals surface area contributed by atoms with E-state index in [0.29, 0.717) is 5.56 Å². The second-order valence-corrected chi connectivity index (χ2v) is 6.10. The largest absolute Gasteiger partial charge is 0.322 e. The number of hydrogen-bond acceptors (Lipinski definition) is 2. The molecule has 22 heavy (non-hydrogen) atoms. The van der Waals surface area contributed by atoms with Gasteiger partial charge >= 0.3 is 0 Å². The van der Waals surface area contributed by atoms with Crippen molar-refractivity contribution in [1.29, 1.82) is 0 Å². The summed E-state index contributed by atoms with van der Waals surface area (Å²) in [5.74, 6) is -0.152. The van der Waals surface area contributed by atoms with E-state index < -0.39 is 0 Å². The van der Waals surface area contributed by atoms with Crippen molar-refractivity contribution in [2.45, 2.75) is 6.92 Å². The Balaban J connectivity index is 1.85. The third-order valence-electron chi connectivity index (χ3n) is 3.36. The minimum absolute atomic E-state index is 0.152. The molecule has 0 saturated carbocycles. The van der Waals surface area contributed by atoms with Crippen LogP contribution in [0.2, 0.25) is 0 Å². The van der Waals surface area contributed by atoms with Crippen molar-refractivity contribution in [2.75, 3.05) is 5.32 Å². The Bertz CT molecular complexity index is 795. The molecule has 0 aliphatic heterocycles. The zero-order valence-corrected chi connectivity index (χ0v) is 14.1. The zero-order chi connectivity index (χ0) is 15.5. The third kappa shape index (κ3) is 3.04. The lowest BCUT2D eigenvalue weighted by atomic mass is 10.2. The Morgan fingerprint density at radius 1 is 1.09 bits per heavy atom. The summed E-state index contributed by atoms with van der Waals surface area (Å²) in [6, 6.07) is 17.4. The summed E-state index contributed by atoms with van der Waals surface area (Å²) in [7, 11) is 0. The molecule has 0 spiro atoms. The van der Waals surface area contributed by atoms with Crippen LogP contribution in [0.25, 0.3) is 5.69 Å². The fourth-order valence-corrected chi connectivity index (χ4v) is 2.55. The van der Waals surface area contributed by atoms with Crippen LogP contribution in [0.15, 0.2) is 60.8 Å². The molecule has 1 heterocycles. The maximum absolute atomic E-state index is 12.4. The molecule has 0 saturated heterocycles. The highest BCUT2D eigenvalue weighted by Gasteiger charge is 2.15. The number of hydrogen-bond donors (Lipinski definition) is 1. The Kier molecular flexibility index (Phi) is 4.24. The summed E-state index contributed by atoms with van der Waals surface area (Å²) in [6.07, 6.45) is 1.60. The van der Waals surface area contributed by atoms with E-state index in [0.717, 1.165) is 20.6 Å². The Morgan fingerprint density at radius 3 is 2.45 bits per heavy atom. The lowest BCUT2D eigenvalue weighted by Gasteiger charge is -2.06. The number of anilines is 1. The summed E-state index contributed by atoms with van der Waals surface area (Å²) >= 11 is 2.23.